The lowest BCUT2D eigenvalue weighted by Crippen LogP contribution is -2.26. The quantitative estimate of drug-likeness (QED) is 0.755. The van der Waals surface area contributed by atoms with E-state index in [0.717, 1.165) is 29.4 Å². The number of nitrogens with zero attached hydrogens (tertiary/aromatic N) is 2. The molecule has 26 heavy (non-hydrogen) atoms. The predicted octanol–water partition coefficient (Wildman–Crippen LogP) is 3.15. The monoisotopic (exact) mass is 349 g/mol. The summed E-state index contributed by atoms with van der Waals surface area (Å²) in [4.78, 5) is 7.39. The summed E-state index contributed by atoms with van der Waals surface area (Å²) >= 11 is 0. The lowest BCUT2D eigenvalue weighted by Gasteiger charge is -2.23. The van der Waals surface area contributed by atoms with Gasteiger partial charge in [-0.2, -0.15) is 5.26 Å². The number of nitriles is 1. The molecular weight excluding hydrogens is 330 g/mol. The summed E-state index contributed by atoms with van der Waals surface area (Å²) in [6.07, 6.45) is 3.48. The number of aliphatic hydroxyl groups is 1. The highest BCUT2D eigenvalue weighted by Crippen LogP contribution is 2.32. The third-order valence-electron chi connectivity index (χ3n) is 4.63. The second-order valence-electron chi connectivity index (χ2n) is 6.33. The standard InChI is InChI=1S/C20H19N3O3/c21-11-14-9-13(1-2-19(14)26-16-4-7-25-8-5-16)17-3-6-22-20-18(17)10-15(12-24)23-20/h1-3,6,9-10,16,24H,4-5,7-8,12H2,(H,22,23). The minimum Gasteiger partial charge on any atom is -0.489 e. The van der Waals surface area contributed by atoms with E-state index < -0.39 is 0 Å². The van der Waals surface area contributed by atoms with Crippen LogP contribution < -0.4 is 4.74 Å². The van der Waals surface area contributed by atoms with Gasteiger partial charge in [-0.15, -0.1) is 0 Å². The molecule has 4 rings (SSSR count). The summed E-state index contributed by atoms with van der Waals surface area (Å²) in [5, 5.41) is 19.8. The third-order valence-corrected chi connectivity index (χ3v) is 4.63. The average Bonchev–Trinajstić information content (AvgIpc) is 3.12. The van der Waals surface area contributed by atoms with Crippen molar-refractivity contribution in [1.82, 2.24) is 9.97 Å². The van der Waals surface area contributed by atoms with Gasteiger partial charge in [0, 0.05) is 30.1 Å². The number of rotatable bonds is 4. The number of pyridine rings is 1. The molecule has 1 fully saturated rings. The number of benzene rings is 1. The Morgan fingerprint density at radius 2 is 2.12 bits per heavy atom. The number of hydrogen-bond acceptors (Lipinski definition) is 5. The number of H-pyrrole nitrogens is 1. The zero-order valence-electron chi connectivity index (χ0n) is 14.2. The second kappa shape index (κ2) is 7.16. The summed E-state index contributed by atoms with van der Waals surface area (Å²) in [5.41, 5.74) is 3.81. The SMILES string of the molecule is N#Cc1cc(-c2ccnc3[nH]c(CO)cc23)ccc1OC1CCOCC1. The number of hydrogen-bond donors (Lipinski definition) is 2. The Balaban J connectivity index is 1.70. The lowest BCUT2D eigenvalue weighted by atomic mass is 10.0. The Bertz CT molecular complexity index is 968. The summed E-state index contributed by atoms with van der Waals surface area (Å²) in [6, 6.07) is 11.7. The van der Waals surface area contributed by atoms with Gasteiger partial charge in [-0.1, -0.05) is 6.07 Å². The smallest absolute Gasteiger partial charge is 0.138 e. The number of nitrogens with one attached hydrogen (secondary N) is 1. The van der Waals surface area contributed by atoms with E-state index >= 15 is 0 Å². The van der Waals surface area contributed by atoms with Gasteiger partial charge >= 0.3 is 0 Å². The van der Waals surface area contributed by atoms with Crippen LogP contribution in [0.5, 0.6) is 5.75 Å². The van der Waals surface area contributed by atoms with Crippen molar-refractivity contribution < 1.29 is 14.6 Å². The number of aliphatic hydroxyl groups excluding tert-OH is 1. The van der Waals surface area contributed by atoms with Crippen molar-refractivity contribution in [2.45, 2.75) is 25.6 Å². The number of aromatic nitrogens is 2. The molecule has 6 heteroatoms. The summed E-state index contributed by atoms with van der Waals surface area (Å²) in [6.45, 7) is 1.32. The highest BCUT2D eigenvalue weighted by molar-refractivity contribution is 5.93. The molecule has 2 N–H and O–H groups in total. The van der Waals surface area contributed by atoms with Crippen molar-refractivity contribution in [3.05, 3.63) is 47.8 Å². The fourth-order valence-electron chi connectivity index (χ4n) is 3.28. The third kappa shape index (κ3) is 3.15. The Morgan fingerprint density at radius 3 is 2.88 bits per heavy atom. The van der Waals surface area contributed by atoms with Crippen molar-refractivity contribution in [2.24, 2.45) is 0 Å². The van der Waals surface area contributed by atoms with Crippen LogP contribution in [0, 0.1) is 11.3 Å². The van der Waals surface area contributed by atoms with E-state index in [1.807, 2.05) is 30.3 Å². The fraction of sp³-hybridized carbons (Fsp3) is 0.300. The van der Waals surface area contributed by atoms with E-state index in [0.29, 0.717) is 35.9 Å². The molecule has 0 amide bonds. The molecule has 3 heterocycles. The number of aromatic amines is 1. The molecule has 3 aromatic rings. The molecular formula is C20H19N3O3. The van der Waals surface area contributed by atoms with Crippen LogP contribution in [-0.2, 0) is 11.3 Å². The van der Waals surface area contributed by atoms with Gasteiger partial charge in [-0.05, 0) is 35.4 Å². The van der Waals surface area contributed by atoms with Crippen molar-refractivity contribution in [2.75, 3.05) is 13.2 Å². The van der Waals surface area contributed by atoms with Crippen molar-refractivity contribution >= 4 is 11.0 Å². The zero-order valence-corrected chi connectivity index (χ0v) is 14.2. The Hall–Kier alpha value is -2.88. The van der Waals surface area contributed by atoms with Gasteiger partial charge in [0.25, 0.3) is 0 Å². The highest BCUT2D eigenvalue weighted by Gasteiger charge is 2.18. The van der Waals surface area contributed by atoms with Gasteiger partial charge in [-0.25, -0.2) is 4.98 Å². The fourth-order valence-corrected chi connectivity index (χ4v) is 3.28. The normalized spacial score (nSPS) is 15.1. The highest BCUT2D eigenvalue weighted by atomic mass is 16.5. The van der Waals surface area contributed by atoms with E-state index in [4.69, 9.17) is 9.47 Å². The van der Waals surface area contributed by atoms with Crippen LogP contribution in [-0.4, -0.2) is 34.4 Å². The van der Waals surface area contributed by atoms with Crippen molar-refractivity contribution in [3.8, 4) is 22.9 Å². The molecule has 6 nitrogen and oxygen atoms in total. The molecule has 0 saturated carbocycles. The molecule has 0 bridgehead atoms. The number of ether oxygens (including phenoxy) is 2. The molecule has 0 radical (unpaired) electrons. The lowest BCUT2D eigenvalue weighted by molar-refractivity contribution is 0.0254. The first kappa shape index (κ1) is 16.6. The summed E-state index contributed by atoms with van der Waals surface area (Å²) in [7, 11) is 0. The molecule has 2 aromatic heterocycles. The molecule has 132 valence electrons. The molecule has 0 aliphatic carbocycles. The van der Waals surface area contributed by atoms with E-state index in [1.165, 1.54) is 0 Å². The van der Waals surface area contributed by atoms with Crippen LogP contribution in [0.2, 0.25) is 0 Å². The Morgan fingerprint density at radius 1 is 1.27 bits per heavy atom. The topological polar surface area (TPSA) is 91.2 Å². The van der Waals surface area contributed by atoms with Crippen LogP contribution in [0.15, 0.2) is 36.5 Å². The number of fused-ring (bicyclic) bond motifs is 1. The minimum atomic E-state index is -0.0723. The van der Waals surface area contributed by atoms with Crippen LogP contribution in [0.3, 0.4) is 0 Å². The van der Waals surface area contributed by atoms with Gasteiger partial charge in [0.05, 0.1) is 25.4 Å². The summed E-state index contributed by atoms with van der Waals surface area (Å²) < 4.78 is 11.4. The first-order valence-electron chi connectivity index (χ1n) is 8.65. The maximum atomic E-state index is 9.57. The van der Waals surface area contributed by atoms with Crippen molar-refractivity contribution in [1.29, 1.82) is 5.26 Å². The second-order valence-corrected chi connectivity index (χ2v) is 6.33. The molecule has 1 aliphatic rings. The van der Waals surface area contributed by atoms with E-state index in [1.54, 1.807) is 6.20 Å². The van der Waals surface area contributed by atoms with Gasteiger partial charge < -0.3 is 19.6 Å². The van der Waals surface area contributed by atoms with Crippen molar-refractivity contribution in [3.63, 3.8) is 0 Å². The first-order valence-corrected chi connectivity index (χ1v) is 8.65. The molecule has 1 aliphatic heterocycles. The maximum absolute atomic E-state index is 9.57. The maximum Gasteiger partial charge on any atom is 0.138 e. The van der Waals surface area contributed by atoms with Gasteiger partial charge in [0.15, 0.2) is 0 Å². The van der Waals surface area contributed by atoms with Crippen LogP contribution in [0.25, 0.3) is 22.2 Å². The molecule has 1 aromatic carbocycles. The zero-order chi connectivity index (χ0) is 17.9. The van der Waals surface area contributed by atoms with Gasteiger partial charge in [0.1, 0.15) is 23.6 Å². The van der Waals surface area contributed by atoms with Crippen LogP contribution >= 0.6 is 0 Å². The van der Waals surface area contributed by atoms with E-state index in [-0.39, 0.29) is 12.7 Å². The predicted molar refractivity (Wildman–Crippen MR) is 96.6 cm³/mol. The largest absolute Gasteiger partial charge is 0.489 e. The van der Waals surface area contributed by atoms with Gasteiger partial charge in [0.2, 0.25) is 0 Å². The molecule has 0 spiro atoms. The van der Waals surface area contributed by atoms with Crippen LogP contribution in [0.4, 0.5) is 0 Å². The van der Waals surface area contributed by atoms with E-state index in [9.17, 15) is 10.4 Å². The first-order chi connectivity index (χ1) is 12.8. The van der Waals surface area contributed by atoms with Gasteiger partial charge in [-0.3, -0.25) is 0 Å². The molecule has 0 unspecified atom stereocenters. The average molecular weight is 349 g/mol. The Kier molecular flexibility index (Phi) is 4.57. The molecule has 1 saturated heterocycles. The summed E-state index contributed by atoms with van der Waals surface area (Å²) in [5.74, 6) is 0.610. The minimum absolute atomic E-state index is 0.0723. The Labute approximate surface area is 151 Å². The van der Waals surface area contributed by atoms with Crippen LogP contribution in [0.1, 0.15) is 24.1 Å². The van der Waals surface area contributed by atoms with E-state index in [2.05, 4.69) is 16.0 Å². The molecule has 0 atom stereocenters.